The van der Waals surface area contributed by atoms with E-state index in [1.54, 1.807) is 11.7 Å². The van der Waals surface area contributed by atoms with Crippen molar-refractivity contribution in [1.29, 1.82) is 0 Å². The van der Waals surface area contributed by atoms with Crippen molar-refractivity contribution in [1.82, 2.24) is 19.6 Å². The van der Waals surface area contributed by atoms with Crippen molar-refractivity contribution in [3.63, 3.8) is 0 Å². The van der Waals surface area contributed by atoms with Crippen LogP contribution in [0.3, 0.4) is 0 Å². The molecule has 0 unspecified atom stereocenters. The fourth-order valence-corrected chi connectivity index (χ4v) is 2.28. The van der Waals surface area contributed by atoms with Gasteiger partial charge in [-0.25, -0.2) is 14.2 Å². The Hall–Kier alpha value is -2.71. The minimum Gasteiger partial charge on any atom is -0.465 e. The Morgan fingerprint density at radius 2 is 2.12 bits per heavy atom. The number of aryl methyl sites for hydroxylation is 3. The van der Waals surface area contributed by atoms with Gasteiger partial charge in [-0.3, -0.25) is 0 Å². The van der Waals surface area contributed by atoms with Crippen LogP contribution in [0.4, 0.5) is 17.3 Å². The van der Waals surface area contributed by atoms with Gasteiger partial charge in [0.25, 0.3) is 0 Å². The van der Waals surface area contributed by atoms with Gasteiger partial charge >= 0.3 is 5.97 Å². The number of esters is 1. The van der Waals surface area contributed by atoms with Crippen molar-refractivity contribution < 1.29 is 9.53 Å². The molecule has 2 aromatic heterocycles. The number of methoxy groups -OCH3 is 1. The van der Waals surface area contributed by atoms with Crippen LogP contribution in [0.2, 0.25) is 0 Å². The van der Waals surface area contributed by atoms with Gasteiger partial charge in [-0.1, -0.05) is 13.3 Å². The van der Waals surface area contributed by atoms with Crippen LogP contribution in [0, 0.1) is 0 Å². The zero-order valence-electron chi connectivity index (χ0n) is 14.5. The van der Waals surface area contributed by atoms with Crippen molar-refractivity contribution in [2.75, 3.05) is 12.8 Å². The molecule has 2 N–H and O–H groups in total. The predicted octanol–water partition coefficient (Wildman–Crippen LogP) is 2.76. The summed E-state index contributed by atoms with van der Waals surface area (Å²) in [6, 6.07) is 0. The van der Waals surface area contributed by atoms with Gasteiger partial charge in [0.2, 0.25) is 0 Å². The molecule has 9 heteroatoms. The van der Waals surface area contributed by atoms with E-state index >= 15 is 0 Å². The average Bonchev–Trinajstić information content (AvgIpc) is 3.10. The van der Waals surface area contributed by atoms with Gasteiger partial charge in [0.1, 0.15) is 11.4 Å². The summed E-state index contributed by atoms with van der Waals surface area (Å²) in [6.07, 6.45) is 4.21. The normalized spacial score (nSPS) is 11.3. The van der Waals surface area contributed by atoms with Gasteiger partial charge in [-0.15, -0.1) is 10.2 Å². The van der Waals surface area contributed by atoms with Crippen LogP contribution in [0.5, 0.6) is 0 Å². The first-order chi connectivity index (χ1) is 11.5. The lowest BCUT2D eigenvalue weighted by atomic mass is 10.2. The molecule has 0 aromatic carbocycles. The monoisotopic (exact) mass is 333 g/mol. The lowest BCUT2D eigenvalue weighted by Crippen LogP contribution is -2.02. The second-order valence-corrected chi connectivity index (χ2v) is 5.30. The van der Waals surface area contributed by atoms with Crippen LogP contribution in [0.15, 0.2) is 16.4 Å². The number of azo groups is 1. The van der Waals surface area contributed by atoms with Crippen LogP contribution in [0.1, 0.15) is 42.7 Å². The molecule has 0 aliphatic heterocycles. The van der Waals surface area contributed by atoms with Crippen molar-refractivity contribution in [3.8, 4) is 0 Å². The summed E-state index contributed by atoms with van der Waals surface area (Å²) in [7, 11) is 2.99. The van der Waals surface area contributed by atoms with Crippen molar-refractivity contribution in [3.05, 3.63) is 17.5 Å². The minimum atomic E-state index is -0.513. The minimum absolute atomic E-state index is 0.250. The molecular weight excluding hydrogens is 310 g/mol. The maximum absolute atomic E-state index is 11.8. The van der Waals surface area contributed by atoms with Gasteiger partial charge in [0.05, 0.1) is 19.0 Å². The van der Waals surface area contributed by atoms with E-state index in [0.29, 0.717) is 23.9 Å². The summed E-state index contributed by atoms with van der Waals surface area (Å²) >= 11 is 0. The summed E-state index contributed by atoms with van der Waals surface area (Å²) in [5.74, 6) is 0.265. The topological polar surface area (TPSA) is 113 Å². The molecular formula is C15H23N7O2. The molecule has 0 spiro atoms. The van der Waals surface area contributed by atoms with Crippen LogP contribution in [-0.4, -0.2) is 32.6 Å². The first kappa shape index (κ1) is 17.6. The fourth-order valence-electron chi connectivity index (χ4n) is 2.28. The Morgan fingerprint density at radius 1 is 1.38 bits per heavy atom. The highest BCUT2D eigenvalue weighted by atomic mass is 16.5. The summed E-state index contributed by atoms with van der Waals surface area (Å²) in [4.78, 5) is 11.8. The Balaban J connectivity index is 2.40. The van der Waals surface area contributed by atoms with Gasteiger partial charge in [0, 0.05) is 13.6 Å². The smallest absolute Gasteiger partial charge is 0.343 e. The molecule has 2 rings (SSSR count). The highest BCUT2D eigenvalue weighted by Gasteiger charge is 2.18. The van der Waals surface area contributed by atoms with E-state index in [9.17, 15) is 4.79 Å². The third kappa shape index (κ3) is 3.44. The van der Waals surface area contributed by atoms with Crippen LogP contribution >= 0.6 is 0 Å². The van der Waals surface area contributed by atoms with E-state index in [4.69, 9.17) is 10.5 Å². The lowest BCUT2D eigenvalue weighted by Gasteiger charge is -2.00. The van der Waals surface area contributed by atoms with Gasteiger partial charge in [0.15, 0.2) is 11.5 Å². The lowest BCUT2D eigenvalue weighted by molar-refractivity contribution is 0.0601. The van der Waals surface area contributed by atoms with Crippen molar-refractivity contribution in [2.24, 2.45) is 17.3 Å². The van der Waals surface area contributed by atoms with Crippen LogP contribution in [0.25, 0.3) is 0 Å². The quantitative estimate of drug-likeness (QED) is 0.618. The Kier molecular flexibility index (Phi) is 5.67. The average molecular weight is 333 g/mol. The van der Waals surface area contributed by atoms with E-state index in [2.05, 4.69) is 27.3 Å². The number of aromatic nitrogens is 4. The molecule has 0 fully saturated rings. The second-order valence-electron chi connectivity index (χ2n) is 5.30. The van der Waals surface area contributed by atoms with E-state index < -0.39 is 5.97 Å². The molecule has 130 valence electrons. The zero-order chi connectivity index (χ0) is 17.7. The number of nitrogens with zero attached hydrogens (tertiary/aromatic N) is 6. The Morgan fingerprint density at radius 3 is 2.75 bits per heavy atom. The van der Waals surface area contributed by atoms with Gasteiger partial charge in [-0.05, 0) is 19.8 Å². The van der Waals surface area contributed by atoms with E-state index in [1.807, 2.05) is 6.92 Å². The van der Waals surface area contributed by atoms with Crippen molar-refractivity contribution >= 4 is 23.3 Å². The molecule has 0 amide bonds. The SMILES string of the molecule is CCCCc1nn(CC)c(N)c1N=Nc1c(C(=O)OC)cnn1C. The van der Waals surface area contributed by atoms with E-state index in [-0.39, 0.29) is 5.56 Å². The molecule has 0 radical (unpaired) electrons. The number of carbonyl (C=O) groups excluding carboxylic acids is 1. The molecule has 24 heavy (non-hydrogen) atoms. The standard InChI is InChI=1S/C15H23N7O2/c1-5-7-8-11-12(13(16)22(6-2)20-11)18-19-14-10(15(23)24-4)9-17-21(14)3/h9H,5-8,16H2,1-4H3. The molecule has 0 aliphatic carbocycles. The maximum atomic E-state index is 11.8. The molecule has 0 atom stereocenters. The molecule has 2 heterocycles. The predicted molar refractivity (Wildman–Crippen MR) is 89.6 cm³/mol. The summed E-state index contributed by atoms with van der Waals surface area (Å²) in [5, 5.41) is 16.9. The summed E-state index contributed by atoms with van der Waals surface area (Å²) < 4.78 is 7.89. The third-order valence-corrected chi connectivity index (χ3v) is 3.66. The Bertz CT molecular complexity index is 745. The maximum Gasteiger partial charge on any atom is 0.343 e. The molecule has 0 saturated carbocycles. The molecule has 0 saturated heterocycles. The molecule has 2 aromatic rings. The molecule has 0 bridgehead atoms. The number of anilines is 1. The number of ether oxygens (including phenoxy) is 1. The number of hydrogen-bond acceptors (Lipinski definition) is 7. The van der Waals surface area contributed by atoms with Crippen LogP contribution < -0.4 is 5.73 Å². The van der Waals surface area contributed by atoms with Gasteiger partial charge < -0.3 is 10.5 Å². The zero-order valence-corrected chi connectivity index (χ0v) is 14.5. The highest BCUT2D eigenvalue weighted by molar-refractivity contribution is 5.93. The number of unbranched alkanes of at least 4 members (excludes halogenated alkanes) is 1. The molecule has 0 aliphatic rings. The Labute approximate surface area is 140 Å². The molecule has 9 nitrogen and oxygen atoms in total. The summed E-state index contributed by atoms with van der Waals surface area (Å²) in [5.41, 5.74) is 7.72. The van der Waals surface area contributed by atoms with E-state index in [0.717, 1.165) is 25.0 Å². The number of carbonyl (C=O) groups is 1. The van der Waals surface area contributed by atoms with Crippen LogP contribution in [-0.2, 0) is 24.8 Å². The first-order valence-electron chi connectivity index (χ1n) is 7.90. The summed E-state index contributed by atoms with van der Waals surface area (Å²) in [6.45, 7) is 4.73. The highest BCUT2D eigenvalue weighted by Crippen LogP contribution is 2.30. The number of nitrogens with two attached hydrogens (primary N) is 1. The first-order valence-corrected chi connectivity index (χ1v) is 7.90. The number of nitrogen functional groups attached to an aromatic ring is 1. The third-order valence-electron chi connectivity index (χ3n) is 3.66. The number of hydrogen-bond donors (Lipinski definition) is 1. The second kappa shape index (κ2) is 7.71. The van der Waals surface area contributed by atoms with Gasteiger partial charge in [-0.2, -0.15) is 10.2 Å². The number of rotatable bonds is 7. The van der Waals surface area contributed by atoms with E-state index in [1.165, 1.54) is 18.0 Å². The largest absolute Gasteiger partial charge is 0.465 e. The van der Waals surface area contributed by atoms with Crippen molar-refractivity contribution in [2.45, 2.75) is 39.7 Å². The fraction of sp³-hybridized carbons (Fsp3) is 0.533.